The molecule has 8 nitrogen and oxygen atoms in total. The number of nitrogens with zero attached hydrogens (tertiary/aromatic N) is 2. The molecule has 2 aliphatic heterocycles. The highest BCUT2D eigenvalue weighted by Gasteiger charge is 2.30. The normalized spacial score (nSPS) is 18.0. The molecule has 3 aromatic rings. The summed E-state index contributed by atoms with van der Waals surface area (Å²) in [7, 11) is 0. The van der Waals surface area contributed by atoms with Crippen LogP contribution in [0, 0.1) is 5.82 Å². The van der Waals surface area contributed by atoms with Crippen molar-refractivity contribution < 1.29 is 18.7 Å². The molecule has 0 atom stereocenters. The van der Waals surface area contributed by atoms with Gasteiger partial charge in [-0.05, 0) is 31.0 Å². The summed E-state index contributed by atoms with van der Waals surface area (Å²) in [5, 5.41) is 3.51. The fourth-order valence-corrected chi connectivity index (χ4v) is 4.39. The molecule has 2 N–H and O–H groups in total. The summed E-state index contributed by atoms with van der Waals surface area (Å²) in [5.74, 6) is 0.526. The summed E-state index contributed by atoms with van der Waals surface area (Å²) >= 11 is 0. The van der Waals surface area contributed by atoms with Gasteiger partial charge in [0.05, 0.1) is 23.9 Å². The van der Waals surface area contributed by atoms with Crippen LogP contribution in [0.15, 0.2) is 35.3 Å². The van der Waals surface area contributed by atoms with Crippen molar-refractivity contribution in [1.29, 1.82) is 0 Å². The second kappa shape index (κ2) is 7.84. The minimum Gasteiger partial charge on any atom is -0.492 e. The number of halogens is 1. The maximum absolute atomic E-state index is 15.1. The Labute approximate surface area is 188 Å². The molecule has 1 saturated carbocycles. The second-order valence-corrected chi connectivity index (χ2v) is 8.88. The quantitative estimate of drug-likeness (QED) is 0.598. The molecular weight excluding hydrogens is 427 g/mol. The predicted molar refractivity (Wildman–Crippen MR) is 118 cm³/mol. The van der Waals surface area contributed by atoms with Crippen molar-refractivity contribution in [3.05, 3.63) is 63.5 Å². The molecule has 3 aliphatic rings. The zero-order chi connectivity index (χ0) is 22.5. The van der Waals surface area contributed by atoms with Crippen molar-refractivity contribution >= 4 is 16.8 Å². The van der Waals surface area contributed by atoms with Crippen LogP contribution >= 0.6 is 0 Å². The third-order valence-electron chi connectivity index (χ3n) is 6.35. The third kappa shape index (κ3) is 3.82. The minimum atomic E-state index is -0.420. The van der Waals surface area contributed by atoms with Gasteiger partial charge < -0.3 is 19.8 Å². The maximum Gasteiger partial charge on any atom is 0.270 e. The monoisotopic (exact) mass is 450 g/mol. The molecule has 9 heteroatoms. The van der Waals surface area contributed by atoms with E-state index in [0.29, 0.717) is 66.4 Å². The predicted octanol–water partition coefficient (Wildman–Crippen LogP) is 2.15. The number of carbonyl (C=O) groups is 1. The van der Waals surface area contributed by atoms with Crippen molar-refractivity contribution in [3.63, 3.8) is 0 Å². The van der Waals surface area contributed by atoms with E-state index in [9.17, 15) is 9.59 Å². The van der Waals surface area contributed by atoms with Crippen molar-refractivity contribution in [1.82, 2.24) is 20.2 Å². The van der Waals surface area contributed by atoms with Crippen LogP contribution in [0.25, 0.3) is 10.9 Å². The first-order valence-corrected chi connectivity index (χ1v) is 11.2. The topological polar surface area (TPSA) is 96.6 Å². The molecule has 2 fully saturated rings. The molecule has 33 heavy (non-hydrogen) atoms. The Hall–Kier alpha value is -3.46. The van der Waals surface area contributed by atoms with Crippen molar-refractivity contribution in [3.8, 4) is 11.5 Å². The van der Waals surface area contributed by atoms with E-state index >= 15 is 4.39 Å². The number of rotatable bonds is 6. The van der Waals surface area contributed by atoms with E-state index in [1.165, 1.54) is 0 Å². The fourth-order valence-electron chi connectivity index (χ4n) is 4.39. The van der Waals surface area contributed by atoms with Gasteiger partial charge >= 0.3 is 0 Å². The van der Waals surface area contributed by atoms with Crippen LogP contribution in [0.5, 0.6) is 11.5 Å². The first kappa shape index (κ1) is 20.2. The van der Waals surface area contributed by atoms with E-state index in [0.717, 1.165) is 12.8 Å². The Bertz CT molecular complexity index is 1300. The molecule has 0 unspecified atom stereocenters. The van der Waals surface area contributed by atoms with Crippen LogP contribution in [0.2, 0.25) is 0 Å². The first-order chi connectivity index (χ1) is 16.0. The van der Waals surface area contributed by atoms with Gasteiger partial charge in [-0.25, -0.2) is 9.37 Å². The zero-order valence-corrected chi connectivity index (χ0v) is 17.9. The van der Waals surface area contributed by atoms with Crippen molar-refractivity contribution in [2.75, 3.05) is 19.7 Å². The number of benzene rings is 1. The zero-order valence-electron chi connectivity index (χ0n) is 17.9. The Morgan fingerprint density at radius 1 is 1.27 bits per heavy atom. The number of hydrogen-bond acceptors (Lipinski definition) is 6. The number of ether oxygens (including phenoxy) is 2. The molecule has 1 aromatic carbocycles. The number of amides is 1. The maximum atomic E-state index is 15.1. The lowest BCUT2D eigenvalue weighted by atomic mass is 10.0. The van der Waals surface area contributed by atoms with Gasteiger partial charge in [-0.3, -0.25) is 14.5 Å². The lowest BCUT2D eigenvalue weighted by molar-refractivity contribution is 0.0138. The highest BCUT2D eigenvalue weighted by atomic mass is 19.1. The number of pyridine rings is 2. The van der Waals surface area contributed by atoms with E-state index in [1.54, 1.807) is 24.4 Å². The van der Waals surface area contributed by atoms with Crippen LogP contribution in [0.1, 0.15) is 34.5 Å². The van der Waals surface area contributed by atoms with E-state index in [-0.39, 0.29) is 29.1 Å². The minimum absolute atomic E-state index is 0.0297. The van der Waals surface area contributed by atoms with E-state index < -0.39 is 5.82 Å². The Kier molecular flexibility index (Phi) is 4.79. The number of aromatic nitrogens is 2. The molecule has 1 aliphatic carbocycles. The second-order valence-electron chi connectivity index (χ2n) is 8.88. The molecule has 0 bridgehead atoms. The van der Waals surface area contributed by atoms with Gasteiger partial charge in [0, 0.05) is 43.0 Å². The average Bonchev–Trinajstić information content (AvgIpc) is 3.45. The van der Waals surface area contributed by atoms with Crippen LogP contribution in [-0.2, 0) is 13.0 Å². The standard InChI is InChI=1S/C24H23FN4O4/c25-20-13(1-5-17-21(20)28-23(30)18-7-8-32-22(17)18)10-29-11-16(12-29)33-15-4-6-19(26-9-15)24(31)27-14-2-3-14/h1,4-6,9,14,16H,2-3,7-8,10-12H2,(H,27,31)(H,28,30). The summed E-state index contributed by atoms with van der Waals surface area (Å²) < 4.78 is 26.6. The molecular formula is C24H23FN4O4. The van der Waals surface area contributed by atoms with Gasteiger partial charge in [0.1, 0.15) is 23.3 Å². The molecule has 2 aromatic heterocycles. The van der Waals surface area contributed by atoms with Gasteiger partial charge in [-0.1, -0.05) is 6.07 Å². The summed E-state index contributed by atoms with van der Waals surface area (Å²) in [6, 6.07) is 7.26. The Morgan fingerprint density at radius 2 is 2.12 bits per heavy atom. The number of nitrogens with one attached hydrogen (secondary N) is 2. The smallest absolute Gasteiger partial charge is 0.270 e. The average molecular weight is 450 g/mol. The van der Waals surface area contributed by atoms with Crippen LogP contribution in [0.4, 0.5) is 4.39 Å². The number of likely N-dealkylation sites (tertiary alicyclic amines) is 1. The molecule has 0 radical (unpaired) electrons. The number of fused-ring (bicyclic) bond motifs is 3. The van der Waals surface area contributed by atoms with Gasteiger partial charge in [0.15, 0.2) is 5.82 Å². The van der Waals surface area contributed by atoms with Crippen molar-refractivity contribution in [2.24, 2.45) is 0 Å². The molecule has 0 spiro atoms. The number of carbonyl (C=O) groups excluding carboxylic acids is 1. The van der Waals surface area contributed by atoms with Crippen molar-refractivity contribution in [2.45, 2.75) is 38.0 Å². The van der Waals surface area contributed by atoms with E-state index in [4.69, 9.17) is 9.47 Å². The largest absolute Gasteiger partial charge is 0.492 e. The Balaban J connectivity index is 1.08. The summed E-state index contributed by atoms with van der Waals surface area (Å²) in [4.78, 5) is 33.2. The summed E-state index contributed by atoms with van der Waals surface area (Å²) in [6.45, 7) is 2.15. The van der Waals surface area contributed by atoms with Gasteiger partial charge in [-0.15, -0.1) is 0 Å². The first-order valence-electron chi connectivity index (χ1n) is 11.2. The fraction of sp³-hybridized carbons (Fsp3) is 0.375. The molecule has 1 saturated heterocycles. The lowest BCUT2D eigenvalue weighted by Gasteiger charge is -2.39. The van der Waals surface area contributed by atoms with Crippen LogP contribution < -0.4 is 20.3 Å². The SMILES string of the molecule is O=C(NC1CC1)c1ccc(OC2CN(Cc3ccc4c5c(c(=O)[nH]c4c3F)CCO5)C2)cn1. The summed E-state index contributed by atoms with van der Waals surface area (Å²) in [6.07, 6.45) is 4.14. The number of aromatic amines is 1. The molecule has 1 amide bonds. The Morgan fingerprint density at radius 3 is 2.88 bits per heavy atom. The highest BCUT2D eigenvalue weighted by Crippen LogP contribution is 2.33. The van der Waals surface area contributed by atoms with Gasteiger partial charge in [-0.2, -0.15) is 0 Å². The number of hydrogen-bond donors (Lipinski definition) is 2. The molecule has 4 heterocycles. The van der Waals surface area contributed by atoms with E-state index in [1.807, 2.05) is 6.07 Å². The van der Waals surface area contributed by atoms with Gasteiger partial charge in [0.25, 0.3) is 11.5 Å². The van der Waals surface area contributed by atoms with Gasteiger partial charge in [0.2, 0.25) is 0 Å². The van der Waals surface area contributed by atoms with E-state index in [2.05, 4.69) is 20.2 Å². The molecule has 170 valence electrons. The summed E-state index contributed by atoms with van der Waals surface area (Å²) in [5.41, 5.74) is 1.40. The van der Waals surface area contributed by atoms with Crippen LogP contribution in [-0.4, -0.2) is 52.6 Å². The molecule has 6 rings (SSSR count). The number of H-pyrrole nitrogens is 1. The lowest BCUT2D eigenvalue weighted by Crippen LogP contribution is -2.53. The van der Waals surface area contributed by atoms with Crippen LogP contribution in [0.3, 0.4) is 0 Å². The third-order valence-corrected chi connectivity index (χ3v) is 6.35. The highest BCUT2D eigenvalue weighted by molar-refractivity contribution is 5.92.